The number of pyridine rings is 1. The van der Waals surface area contributed by atoms with Gasteiger partial charge < -0.3 is 25.0 Å². The van der Waals surface area contributed by atoms with Crippen molar-refractivity contribution in [2.75, 3.05) is 25.4 Å². The maximum Gasteiger partial charge on any atom is 0.319 e. The Morgan fingerprint density at radius 1 is 1.20 bits per heavy atom. The number of ketones is 1. The lowest BCUT2D eigenvalue weighted by molar-refractivity contribution is -0.130. The Morgan fingerprint density at radius 2 is 2.03 bits per heavy atom. The van der Waals surface area contributed by atoms with Crippen LogP contribution in [0.1, 0.15) is 27.8 Å². The van der Waals surface area contributed by atoms with E-state index in [0.29, 0.717) is 11.3 Å². The van der Waals surface area contributed by atoms with Gasteiger partial charge in [0.25, 0.3) is 17.6 Å². The maximum absolute atomic E-state index is 14.8. The highest BCUT2D eigenvalue weighted by Crippen LogP contribution is 2.31. The van der Waals surface area contributed by atoms with Crippen molar-refractivity contribution in [2.24, 2.45) is 0 Å². The normalized spacial score (nSPS) is 16.0. The predicted molar refractivity (Wildman–Crippen MR) is 122 cm³/mol. The zero-order valence-corrected chi connectivity index (χ0v) is 18.6. The number of carbonyl (C=O) groups is 3. The summed E-state index contributed by atoms with van der Waals surface area (Å²) in [5.41, 5.74) is 6.28. The number of rotatable bonds is 4. The molecule has 5 rings (SSSR count). The van der Waals surface area contributed by atoms with Gasteiger partial charge in [-0.15, -0.1) is 0 Å². The van der Waals surface area contributed by atoms with Crippen LogP contribution in [0.2, 0.25) is 0 Å². The summed E-state index contributed by atoms with van der Waals surface area (Å²) < 4.78 is 19.6. The summed E-state index contributed by atoms with van der Waals surface area (Å²) in [7, 11) is 0. The first-order valence-electron chi connectivity index (χ1n) is 10.8. The smallest absolute Gasteiger partial charge is 0.319 e. The molecule has 1 aromatic carbocycles. The van der Waals surface area contributed by atoms with Crippen molar-refractivity contribution >= 4 is 34.5 Å². The molecule has 178 valence electrons. The molecule has 2 amide bonds. The summed E-state index contributed by atoms with van der Waals surface area (Å²) in [6.45, 7) is 2.38. The van der Waals surface area contributed by atoms with Crippen LogP contribution >= 0.6 is 0 Å². The lowest BCUT2D eigenvalue weighted by atomic mass is 10.0. The number of amides is 2. The summed E-state index contributed by atoms with van der Waals surface area (Å²) in [5.74, 6) is -2.46. The number of piperazine rings is 1. The van der Waals surface area contributed by atoms with E-state index in [0.717, 1.165) is 6.07 Å². The average Bonchev–Trinajstić information content (AvgIpc) is 3.51. The number of anilines is 1. The van der Waals surface area contributed by atoms with Gasteiger partial charge in [-0.3, -0.25) is 19.4 Å². The van der Waals surface area contributed by atoms with E-state index < -0.39 is 23.5 Å². The standard InChI is InChI=1S/C23H20FN7O4/c1-12-11-30(21(33)16-4-2-3-7-26-16)8-9-31(12)22(34)19(32)14-10-27-18-13(5-6-15(24)17(14)18)20-28-23(25)35-29-20/h2-7,10,12,27H,8-9,11H2,1H3,(H2,25,28,29). The number of H-pyrrole nitrogens is 1. The topological polar surface area (TPSA) is 151 Å². The molecular weight excluding hydrogens is 457 g/mol. The first-order chi connectivity index (χ1) is 16.8. The van der Waals surface area contributed by atoms with Gasteiger partial charge in [-0.25, -0.2) is 4.39 Å². The highest BCUT2D eigenvalue weighted by molar-refractivity contribution is 6.45. The van der Waals surface area contributed by atoms with Crippen LogP contribution in [-0.4, -0.2) is 73.2 Å². The second-order valence-electron chi connectivity index (χ2n) is 8.15. The fourth-order valence-corrected chi connectivity index (χ4v) is 4.26. The van der Waals surface area contributed by atoms with E-state index in [1.54, 1.807) is 30.0 Å². The van der Waals surface area contributed by atoms with E-state index in [1.165, 1.54) is 23.4 Å². The number of Topliss-reactive ketones (excluding diaryl/α,β-unsaturated/α-hetero) is 1. The third-order valence-electron chi connectivity index (χ3n) is 5.97. The Balaban J connectivity index is 1.38. The zero-order chi connectivity index (χ0) is 24.7. The molecule has 11 nitrogen and oxygen atoms in total. The molecule has 1 unspecified atom stereocenters. The predicted octanol–water partition coefficient (Wildman–Crippen LogP) is 1.89. The van der Waals surface area contributed by atoms with Crippen molar-refractivity contribution in [1.82, 2.24) is 29.9 Å². The fourth-order valence-electron chi connectivity index (χ4n) is 4.26. The van der Waals surface area contributed by atoms with E-state index in [4.69, 9.17) is 10.3 Å². The summed E-state index contributed by atoms with van der Waals surface area (Å²) in [4.78, 5) is 52.8. The van der Waals surface area contributed by atoms with Gasteiger partial charge in [0.2, 0.25) is 5.82 Å². The summed E-state index contributed by atoms with van der Waals surface area (Å²) in [6, 6.07) is 7.05. The Bertz CT molecular complexity index is 1450. The van der Waals surface area contributed by atoms with Crippen LogP contribution in [0, 0.1) is 5.82 Å². The average molecular weight is 477 g/mol. The minimum atomic E-state index is -0.865. The highest BCUT2D eigenvalue weighted by atomic mass is 19.1. The van der Waals surface area contributed by atoms with Crippen LogP contribution in [-0.2, 0) is 4.79 Å². The largest absolute Gasteiger partial charge is 0.360 e. The minimum Gasteiger partial charge on any atom is -0.360 e. The number of carbonyl (C=O) groups excluding carboxylic acids is 3. The molecule has 3 N–H and O–H groups in total. The lowest BCUT2D eigenvalue weighted by Gasteiger charge is -2.39. The van der Waals surface area contributed by atoms with Crippen LogP contribution < -0.4 is 5.73 Å². The van der Waals surface area contributed by atoms with Gasteiger partial charge in [0.15, 0.2) is 0 Å². The molecule has 1 atom stereocenters. The van der Waals surface area contributed by atoms with E-state index in [2.05, 4.69) is 20.1 Å². The van der Waals surface area contributed by atoms with Crippen molar-refractivity contribution in [3.63, 3.8) is 0 Å². The van der Waals surface area contributed by atoms with Crippen molar-refractivity contribution in [1.29, 1.82) is 0 Å². The van der Waals surface area contributed by atoms with Gasteiger partial charge in [0, 0.05) is 49.0 Å². The molecule has 4 heterocycles. The Labute approximate surface area is 197 Å². The van der Waals surface area contributed by atoms with E-state index in [1.807, 2.05) is 0 Å². The third kappa shape index (κ3) is 3.88. The maximum atomic E-state index is 14.8. The Hall–Kier alpha value is -4.61. The van der Waals surface area contributed by atoms with Crippen LogP contribution in [0.25, 0.3) is 22.3 Å². The van der Waals surface area contributed by atoms with Crippen LogP contribution in [0.15, 0.2) is 47.2 Å². The molecule has 1 aliphatic rings. The second-order valence-corrected chi connectivity index (χ2v) is 8.15. The monoisotopic (exact) mass is 477 g/mol. The molecule has 0 bridgehead atoms. The van der Waals surface area contributed by atoms with Gasteiger partial charge in [-0.1, -0.05) is 11.2 Å². The molecule has 0 aliphatic carbocycles. The lowest BCUT2D eigenvalue weighted by Crippen LogP contribution is -2.56. The molecule has 12 heteroatoms. The number of nitrogen functional groups attached to an aromatic ring is 1. The van der Waals surface area contributed by atoms with Gasteiger partial charge >= 0.3 is 6.01 Å². The number of benzene rings is 1. The molecular formula is C23H20FN7O4. The first kappa shape index (κ1) is 22.2. The minimum absolute atomic E-state index is 0.0548. The molecule has 0 saturated carbocycles. The number of hydrogen-bond acceptors (Lipinski definition) is 8. The molecule has 1 aliphatic heterocycles. The fraction of sp³-hybridized carbons (Fsp3) is 0.217. The molecule has 0 radical (unpaired) electrons. The zero-order valence-electron chi connectivity index (χ0n) is 18.6. The number of hydrogen-bond donors (Lipinski definition) is 2. The SMILES string of the molecule is CC1CN(C(=O)c2ccccn2)CCN1C(=O)C(=O)c1c[nH]c2c(-c3noc(N)n3)ccc(F)c12. The Kier molecular flexibility index (Phi) is 5.47. The summed E-state index contributed by atoms with van der Waals surface area (Å²) in [6.07, 6.45) is 2.82. The van der Waals surface area contributed by atoms with Gasteiger partial charge in [0.05, 0.1) is 11.1 Å². The van der Waals surface area contributed by atoms with Gasteiger partial charge in [0.1, 0.15) is 11.5 Å². The van der Waals surface area contributed by atoms with E-state index in [9.17, 15) is 18.8 Å². The van der Waals surface area contributed by atoms with Crippen molar-refractivity contribution in [2.45, 2.75) is 13.0 Å². The van der Waals surface area contributed by atoms with Crippen LogP contribution in [0.4, 0.5) is 10.4 Å². The summed E-state index contributed by atoms with van der Waals surface area (Å²) in [5, 5.41) is 3.68. The van der Waals surface area contributed by atoms with Crippen molar-refractivity contribution in [3.05, 3.63) is 59.8 Å². The number of aromatic amines is 1. The highest BCUT2D eigenvalue weighted by Gasteiger charge is 2.35. The molecule has 4 aromatic rings. The van der Waals surface area contributed by atoms with Crippen LogP contribution in [0.5, 0.6) is 0 Å². The molecule has 0 spiro atoms. The second kappa shape index (κ2) is 8.63. The number of nitrogens with one attached hydrogen (secondary N) is 1. The quantitative estimate of drug-likeness (QED) is 0.334. The molecule has 35 heavy (non-hydrogen) atoms. The molecule has 1 fully saturated rings. The molecule has 3 aromatic heterocycles. The van der Waals surface area contributed by atoms with Crippen molar-refractivity contribution in [3.8, 4) is 11.4 Å². The van der Waals surface area contributed by atoms with Crippen molar-refractivity contribution < 1.29 is 23.3 Å². The number of fused-ring (bicyclic) bond motifs is 1. The number of nitrogens with zero attached hydrogens (tertiary/aromatic N) is 5. The number of halogens is 1. The van der Waals surface area contributed by atoms with E-state index in [-0.39, 0.29) is 53.8 Å². The first-order valence-corrected chi connectivity index (χ1v) is 10.8. The number of aromatic nitrogens is 4. The Morgan fingerprint density at radius 3 is 2.71 bits per heavy atom. The van der Waals surface area contributed by atoms with Gasteiger partial charge in [-0.2, -0.15) is 4.98 Å². The summed E-state index contributed by atoms with van der Waals surface area (Å²) >= 11 is 0. The van der Waals surface area contributed by atoms with Crippen LogP contribution in [0.3, 0.4) is 0 Å². The van der Waals surface area contributed by atoms with Gasteiger partial charge in [-0.05, 0) is 31.2 Å². The molecule has 1 saturated heterocycles. The number of nitrogens with two attached hydrogens (primary N) is 1. The third-order valence-corrected chi connectivity index (χ3v) is 5.97. The van der Waals surface area contributed by atoms with E-state index >= 15 is 0 Å².